The highest BCUT2D eigenvalue weighted by atomic mass is 35.5. The molecule has 27 heavy (non-hydrogen) atoms. The Balaban J connectivity index is 1.46. The van der Waals surface area contributed by atoms with Crippen molar-refractivity contribution in [3.8, 4) is 11.4 Å². The fraction of sp³-hybridized carbons (Fsp3) is 0.526. The van der Waals surface area contributed by atoms with Crippen molar-refractivity contribution in [3.05, 3.63) is 34.1 Å². The van der Waals surface area contributed by atoms with Gasteiger partial charge < -0.3 is 10.1 Å². The van der Waals surface area contributed by atoms with E-state index in [0.717, 1.165) is 12.0 Å². The number of amides is 1. The molecule has 1 heterocycles. The van der Waals surface area contributed by atoms with Gasteiger partial charge in [-0.2, -0.15) is 5.10 Å². The van der Waals surface area contributed by atoms with Crippen LogP contribution in [0.25, 0.3) is 11.4 Å². The number of carbonyl (C=O) groups excluding carboxylic acids is 1. The van der Waals surface area contributed by atoms with Gasteiger partial charge in [-0.25, -0.2) is 0 Å². The second kappa shape index (κ2) is 10.0. The summed E-state index contributed by atoms with van der Waals surface area (Å²) in [6, 6.07) is 7.27. The number of nitrogens with zero attached hydrogens (tertiary/aromatic N) is 2. The first kappa shape index (κ1) is 20.0. The van der Waals surface area contributed by atoms with Crippen LogP contribution in [0.15, 0.2) is 24.3 Å². The number of aromatic nitrogens is 3. The number of halogens is 1. The monoisotopic (exact) mass is 408 g/mol. The Labute approximate surface area is 169 Å². The number of carbonyl (C=O) groups is 1. The van der Waals surface area contributed by atoms with E-state index in [1.54, 1.807) is 16.7 Å². The summed E-state index contributed by atoms with van der Waals surface area (Å²) in [7, 11) is 0. The molecule has 1 saturated carbocycles. The maximum atomic E-state index is 12.3. The smallest absolute Gasteiger partial charge is 0.240 e. The van der Waals surface area contributed by atoms with Crippen molar-refractivity contribution >= 4 is 29.7 Å². The maximum absolute atomic E-state index is 12.3. The topological polar surface area (TPSA) is 71.9 Å². The molecule has 1 aromatic carbocycles. The SMILES string of the molecule is O=C(Cn1c(-c2ccc(Cl)cc2)n[nH]c1=S)NCCCOC1CCCCC1. The van der Waals surface area contributed by atoms with Gasteiger partial charge in [-0.05, 0) is 55.7 Å². The average Bonchev–Trinajstić information content (AvgIpc) is 3.03. The largest absolute Gasteiger partial charge is 0.378 e. The van der Waals surface area contributed by atoms with E-state index in [-0.39, 0.29) is 12.5 Å². The summed E-state index contributed by atoms with van der Waals surface area (Å²) in [6.07, 6.45) is 7.40. The number of ether oxygens (including phenoxy) is 1. The zero-order chi connectivity index (χ0) is 19.1. The molecule has 2 N–H and O–H groups in total. The summed E-state index contributed by atoms with van der Waals surface area (Å²) in [5, 5.41) is 10.6. The van der Waals surface area contributed by atoms with E-state index < -0.39 is 0 Å². The Hall–Kier alpha value is -1.70. The second-order valence-electron chi connectivity index (χ2n) is 6.78. The predicted octanol–water partition coefficient (Wildman–Crippen LogP) is 4.12. The quantitative estimate of drug-likeness (QED) is 0.509. The van der Waals surface area contributed by atoms with Gasteiger partial charge in [0.25, 0.3) is 0 Å². The molecule has 0 spiro atoms. The molecule has 0 bridgehead atoms. The molecule has 1 aliphatic carbocycles. The normalized spacial score (nSPS) is 15.0. The lowest BCUT2D eigenvalue weighted by Crippen LogP contribution is -2.29. The first-order valence-electron chi connectivity index (χ1n) is 9.43. The van der Waals surface area contributed by atoms with Crippen molar-refractivity contribution in [2.24, 2.45) is 0 Å². The Morgan fingerprint density at radius 3 is 2.78 bits per heavy atom. The molecule has 8 heteroatoms. The van der Waals surface area contributed by atoms with Crippen LogP contribution < -0.4 is 5.32 Å². The third-order valence-corrected chi connectivity index (χ3v) is 5.28. The second-order valence-corrected chi connectivity index (χ2v) is 7.60. The van der Waals surface area contributed by atoms with Gasteiger partial charge in [0, 0.05) is 23.7 Å². The first-order valence-corrected chi connectivity index (χ1v) is 10.2. The number of hydrogen-bond acceptors (Lipinski definition) is 4. The van der Waals surface area contributed by atoms with E-state index in [0.29, 0.717) is 34.9 Å². The molecule has 146 valence electrons. The average molecular weight is 409 g/mol. The molecular weight excluding hydrogens is 384 g/mol. The van der Waals surface area contributed by atoms with Crippen molar-refractivity contribution in [1.82, 2.24) is 20.1 Å². The minimum absolute atomic E-state index is 0.0969. The van der Waals surface area contributed by atoms with E-state index in [1.165, 1.54) is 32.1 Å². The van der Waals surface area contributed by atoms with Gasteiger partial charge in [0.05, 0.1) is 6.10 Å². The highest BCUT2D eigenvalue weighted by Crippen LogP contribution is 2.21. The lowest BCUT2D eigenvalue weighted by atomic mass is 9.98. The van der Waals surface area contributed by atoms with Crippen LogP contribution in [-0.2, 0) is 16.1 Å². The Morgan fingerprint density at radius 1 is 1.30 bits per heavy atom. The van der Waals surface area contributed by atoms with Gasteiger partial charge >= 0.3 is 0 Å². The molecule has 2 aromatic rings. The Bertz CT molecular complexity index is 797. The summed E-state index contributed by atoms with van der Waals surface area (Å²) in [4.78, 5) is 12.3. The van der Waals surface area contributed by atoms with Gasteiger partial charge in [-0.15, -0.1) is 0 Å². The van der Waals surface area contributed by atoms with Crippen LogP contribution in [0, 0.1) is 4.77 Å². The van der Waals surface area contributed by atoms with Crippen LogP contribution in [0.4, 0.5) is 0 Å². The van der Waals surface area contributed by atoms with Crippen LogP contribution in [-0.4, -0.2) is 39.9 Å². The van der Waals surface area contributed by atoms with Crippen molar-refractivity contribution in [2.75, 3.05) is 13.2 Å². The van der Waals surface area contributed by atoms with Crippen molar-refractivity contribution < 1.29 is 9.53 Å². The van der Waals surface area contributed by atoms with Crippen LogP contribution in [0.3, 0.4) is 0 Å². The third kappa shape index (κ3) is 5.89. The lowest BCUT2D eigenvalue weighted by molar-refractivity contribution is -0.121. The molecule has 0 unspecified atom stereocenters. The number of nitrogens with one attached hydrogen (secondary N) is 2. The number of hydrogen-bond donors (Lipinski definition) is 2. The van der Waals surface area contributed by atoms with E-state index in [1.807, 2.05) is 12.1 Å². The minimum Gasteiger partial charge on any atom is -0.378 e. The van der Waals surface area contributed by atoms with Gasteiger partial charge in [-0.3, -0.25) is 14.5 Å². The van der Waals surface area contributed by atoms with Crippen molar-refractivity contribution in [1.29, 1.82) is 0 Å². The van der Waals surface area contributed by atoms with Crippen LogP contribution in [0.2, 0.25) is 5.02 Å². The number of aromatic amines is 1. The molecule has 3 rings (SSSR count). The summed E-state index contributed by atoms with van der Waals surface area (Å²) < 4.78 is 7.98. The molecular formula is C19H25ClN4O2S. The zero-order valence-corrected chi connectivity index (χ0v) is 16.8. The fourth-order valence-corrected chi connectivity index (χ4v) is 3.59. The van der Waals surface area contributed by atoms with Crippen molar-refractivity contribution in [3.63, 3.8) is 0 Å². The zero-order valence-electron chi connectivity index (χ0n) is 15.2. The lowest BCUT2D eigenvalue weighted by Gasteiger charge is -2.21. The summed E-state index contributed by atoms with van der Waals surface area (Å²) in [5.41, 5.74) is 0.848. The molecule has 0 aliphatic heterocycles. The predicted molar refractivity (Wildman–Crippen MR) is 108 cm³/mol. The van der Waals surface area contributed by atoms with Gasteiger partial charge in [0.2, 0.25) is 5.91 Å². The van der Waals surface area contributed by atoms with E-state index in [4.69, 9.17) is 28.6 Å². The van der Waals surface area contributed by atoms with Crippen LogP contribution in [0.1, 0.15) is 38.5 Å². The molecule has 1 amide bonds. The number of benzene rings is 1. The van der Waals surface area contributed by atoms with Crippen LogP contribution in [0.5, 0.6) is 0 Å². The van der Waals surface area contributed by atoms with Gasteiger partial charge in [0.1, 0.15) is 6.54 Å². The summed E-state index contributed by atoms with van der Waals surface area (Å²) >= 11 is 11.2. The molecule has 1 aliphatic rings. The van der Waals surface area contributed by atoms with E-state index in [9.17, 15) is 4.79 Å². The molecule has 0 radical (unpaired) electrons. The standard InChI is InChI=1S/C19H25ClN4O2S/c20-15-9-7-14(8-10-15)18-22-23-19(27)24(18)13-17(25)21-11-4-12-26-16-5-2-1-3-6-16/h7-10,16H,1-6,11-13H2,(H,21,25)(H,23,27). The maximum Gasteiger partial charge on any atom is 0.240 e. The molecule has 6 nitrogen and oxygen atoms in total. The molecule has 1 aromatic heterocycles. The van der Waals surface area contributed by atoms with Crippen LogP contribution >= 0.6 is 23.8 Å². The van der Waals surface area contributed by atoms with Gasteiger partial charge in [-0.1, -0.05) is 30.9 Å². The summed E-state index contributed by atoms with van der Waals surface area (Å²) in [6.45, 7) is 1.40. The first-order chi connectivity index (χ1) is 13.1. The van der Waals surface area contributed by atoms with Gasteiger partial charge in [0.15, 0.2) is 10.6 Å². The third-order valence-electron chi connectivity index (χ3n) is 4.71. The number of rotatable bonds is 8. The highest BCUT2D eigenvalue weighted by Gasteiger charge is 2.14. The van der Waals surface area contributed by atoms with E-state index in [2.05, 4.69) is 15.5 Å². The van der Waals surface area contributed by atoms with Crippen molar-refractivity contribution in [2.45, 2.75) is 51.2 Å². The number of H-pyrrole nitrogens is 1. The highest BCUT2D eigenvalue weighted by molar-refractivity contribution is 7.71. The molecule has 0 saturated heterocycles. The molecule has 1 fully saturated rings. The van der Waals surface area contributed by atoms with E-state index >= 15 is 0 Å². The fourth-order valence-electron chi connectivity index (χ4n) is 3.26. The summed E-state index contributed by atoms with van der Waals surface area (Å²) in [5.74, 6) is 0.521. The molecule has 0 atom stereocenters. The Morgan fingerprint density at radius 2 is 2.04 bits per heavy atom. The minimum atomic E-state index is -0.0969. The Kier molecular flexibility index (Phi) is 7.43.